The third-order valence-corrected chi connectivity index (χ3v) is 25.7. The number of benzene rings is 25. The first-order valence-corrected chi connectivity index (χ1v) is 44.6. The van der Waals surface area contributed by atoms with Crippen LogP contribution in [-0.4, -0.2) is 0 Å². The summed E-state index contributed by atoms with van der Waals surface area (Å²) in [5.41, 5.74) is 23.0. The van der Waals surface area contributed by atoms with Crippen molar-refractivity contribution in [3.63, 3.8) is 0 Å². The van der Waals surface area contributed by atoms with Gasteiger partial charge in [0.1, 0.15) is 5.82 Å². The lowest BCUT2D eigenvalue weighted by Gasteiger charge is -2.20. The van der Waals surface area contributed by atoms with E-state index in [0.717, 1.165) is 87.6 Å². The van der Waals surface area contributed by atoms with Gasteiger partial charge < -0.3 is 0 Å². The molecule has 25 rings (SSSR count). The smallest absolute Gasteiger partial charge is 0.187 e. The molecule has 132 heavy (non-hydrogen) atoms. The quantitative estimate of drug-likeness (QED) is 0.0949. The van der Waals surface area contributed by atoms with Gasteiger partial charge in [0.25, 0.3) is 0 Å². The monoisotopic (exact) mass is 1690 g/mol. The standard InChI is InChI=1S/C36H23F.C33H24.C31H19N.C30H20/c37-26-22-20-25(21-23-26)28-13-3-4-14-29(28)35-31-15-5-7-17-33(31)36(34-18-8-6-16-32(34)35)30-19-9-11-24-10-1-2-12-27(24)30;1-23-19-21-24(22-20-23)26-13-5-6-14-27(26)33-30-17-9-7-15-28(30)32(25-11-3-2-4-12-25)29-16-8-10-18-31(29)33;1-32-25-18-17-21-15-16-23(19-24(21)20-25)31-28-13-7-5-11-26(28)30(22-9-3-2-4-10-22)27-12-6-8-14-29(27)31;1-2-12-22(13-3-1)29-25-16-6-8-18-27(25)30(28-19-9-7-17-26(28)29)24-20-10-14-21-11-4-5-15-23(21)24/h1-23H;2-22H,1H3;2-20H;1-20H/i;19D,20D;;1D,2D,3D,12D,13D. The lowest BCUT2D eigenvalue weighted by atomic mass is 9.83. The number of nitrogens with zero attached hydrogens (tertiary/aromatic N) is 1. The topological polar surface area (TPSA) is 4.36 Å². The fourth-order valence-electron chi connectivity index (χ4n) is 20.0. The second kappa shape index (κ2) is 35.5. The molecule has 0 fully saturated rings. The van der Waals surface area contributed by atoms with Crippen LogP contribution in [0.4, 0.5) is 10.1 Å². The van der Waals surface area contributed by atoms with E-state index in [1.165, 1.54) is 143 Å². The molecule has 2 heteroatoms. The summed E-state index contributed by atoms with van der Waals surface area (Å²) in [4.78, 5) is 3.62. The van der Waals surface area contributed by atoms with Crippen molar-refractivity contribution in [2.75, 3.05) is 0 Å². The fraction of sp³-hybridized carbons (Fsp3) is 0.00769. The average Bonchev–Trinajstić information content (AvgIpc) is 0.723. The Morgan fingerprint density at radius 1 is 0.189 bits per heavy atom. The molecule has 25 aromatic carbocycles. The lowest BCUT2D eigenvalue weighted by molar-refractivity contribution is 0.628. The van der Waals surface area contributed by atoms with Crippen LogP contribution in [0.3, 0.4) is 0 Å². The highest BCUT2D eigenvalue weighted by Gasteiger charge is 2.25. The second-order valence-electron chi connectivity index (χ2n) is 33.3. The molecule has 0 aliphatic carbocycles. The third kappa shape index (κ3) is 15.0. The number of halogens is 1. The van der Waals surface area contributed by atoms with Crippen LogP contribution in [0, 0.1) is 19.3 Å². The molecule has 0 spiro atoms. The maximum Gasteiger partial charge on any atom is 0.187 e. The lowest BCUT2D eigenvalue weighted by Crippen LogP contribution is -1.93. The van der Waals surface area contributed by atoms with Crippen LogP contribution in [0.1, 0.15) is 15.2 Å². The van der Waals surface area contributed by atoms with E-state index in [0.29, 0.717) is 28.9 Å². The van der Waals surface area contributed by atoms with Gasteiger partial charge in [0.15, 0.2) is 5.69 Å². The Hall–Kier alpha value is -17.2. The third-order valence-electron chi connectivity index (χ3n) is 25.7. The van der Waals surface area contributed by atoms with Gasteiger partial charge in [-0.05, 0) is 261 Å². The van der Waals surface area contributed by atoms with Crippen LogP contribution in [0.2, 0.25) is 0 Å². The molecule has 0 radical (unpaired) electrons. The van der Waals surface area contributed by atoms with Gasteiger partial charge in [-0.25, -0.2) is 9.24 Å². The van der Waals surface area contributed by atoms with Gasteiger partial charge in [0, 0.05) is 0 Å². The van der Waals surface area contributed by atoms with E-state index in [2.05, 4.69) is 357 Å². The van der Waals surface area contributed by atoms with Gasteiger partial charge in [0.05, 0.1) is 16.2 Å². The minimum absolute atomic E-state index is 0.191. The van der Waals surface area contributed by atoms with Gasteiger partial charge in [-0.2, -0.15) is 0 Å². The summed E-state index contributed by atoms with van der Waals surface area (Å²) in [7, 11) is 0. The van der Waals surface area contributed by atoms with Gasteiger partial charge in [-0.1, -0.05) is 485 Å². The van der Waals surface area contributed by atoms with Crippen molar-refractivity contribution in [2.24, 2.45) is 0 Å². The van der Waals surface area contributed by atoms with Crippen molar-refractivity contribution in [2.45, 2.75) is 6.92 Å². The van der Waals surface area contributed by atoms with Crippen LogP contribution < -0.4 is 0 Å². The molecule has 0 unspecified atom stereocenters. The maximum absolute atomic E-state index is 13.8. The molecule has 0 amide bonds. The fourth-order valence-corrected chi connectivity index (χ4v) is 20.0. The summed E-state index contributed by atoms with van der Waals surface area (Å²) in [5, 5.41) is 25.3. The molecule has 0 bridgehead atoms. The normalized spacial score (nSPS) is 12.0. The molecule has 0 N–H and O–H groups in total. The molecule has 0 saturated heterocycles. The first kappa shape index (κ1) is 72.9. The zero-order valence-corrected chi connectivity index (χ0v) is 72.2. The van der Waals surface area contributed by atoms with Gasteiger partial charge in [-0.15, -0.1) is 0 Å². The molecule has 0 heterocycles. The average molecular weight is 1690 g/mol. The van der Waals surface area contributed by atoms with Crippen molar-refractivity contribution in [3.8, 4) is 111 Å². The van der Waals surface area contributed by atoms with Crippen molar-refractivity contribution in [1.82, 2.24) is 0 Å². The predicted octanol–water partition coefficient (Wildman–Crippen LogP) is 37.1. The second-order valence-corrected chi connectivity index (χ2v) is 33.3. The van der Waals surface area contributed by atoms with E-state index in [9.17, 15) is 4.39 Å². The van der Waals surface area contributed by atoms with E-state index >= 15 is 0 Å². The highest BCUT2D eigenvalue weighted by Crippen LogP contribution is 2.52. The molecular weight excluding hydrogens is 1590 g/mol. The Labute approximate surface area is 777 Å². The van der Waals surface area contributed by atoms with Crippen LogP contribution >= 0.6 is 0 Å². The van der Waals surface area contributed by atoms with Gasteiger partial charge in [-0.3, -0.25) is 0 Å². The highest BCUT2D eigenvalue weighted by atomic mass is 19.1. The Balaban J connectivity index is 0.000000107. The number of fused-ring (bicyclic) bond motifs is 11. The van der Waals surface area contributed by atoms with Gasteiger partial charge >= 0.3 is 0 Å². The summed E-state index contributed by atoms with van der Waals surface area (Å²) in [6, 6.07) is 158. The summed E-state index contributed by atoms with van der Waals surface area (Å²) >= 11 is 0. The van der Waals surface area contributed by atoms with Crippen molar-refractivity contribution < 1.29 is 14.0 Å². The molecule has 1 nitrogen and oxygen atoms in total. The minimum Gasteiger partial charge on any atom is -0.238 e. The Morgan fingerprint density at radius 2 is 0.462 bits per heavy atom. The van der Waals surface area contributed by atoms with Crippen LogP contribution in [0.5, 0.6) is 0 Å². The summed E-state index contributed by atoms with van der Waals surface area (Å²) in [6.45, 7) is 9.22. The van der Waals surface area contributed by atoms with E-state index < -0.39 is 0 Å². The van der Waals surface area contributed by atoms with Crippen molar-refractivity contribution >= 4 is 124 Å². The molecule has 0 aromatic heterocycles. The van der Waals surface area contributed by atoms with Crippen LogP contribution in [0.15, 0.2) is 503 Å². The molecule has 618 valence electrons. The molecule has 0 atom stereocenters. The van der Waals surface area contributed by atoms with E-state index in [4.69, 9.17) is 16.2 Å². The van der Waals surface area contributed by atoms with Crippen LogP contribution in [0.25, 0.3) is 235 Å². The first-order chi connectivity index (χ1) is 68.2. The largest absolute Gasteiger partial charge is 0.238 e. The molecule has 0 aliphatic heterocycles. The van der Waals surface area contributed by atoms with E-state index in [1.54, 1.807) is 0 Å². The zero-order chi connectivity index (χ0) is 94.5. The number of hydrogen-bond donors (Lipinski definition) is 0. The van der Waals surface area contributed by atoms with Crippen LogP contribution in [-0.2, 0) is 0 Å². The first-order valence-electron chi connectivity index (χ1n) is 48.1. The molecule has 0 saturated carbocycles. The van der Waals surface area contributed by atoms with Crippen molar-refractivity contribution in [3.05, 3.63) is 526 Å². The van der Waals surface area contributed by atoms with E-state index in [1.807, 2.05) is 104 Å². The summed E-state index contributed by atoms with van der Waals surface area (Å²) in [5.74, 6) is -0.225. The summed E-state index contributed by atoms with van der Waals surface area (Å²) in [6.07, 6.45) is 0. The molecule has 0 aliphatic rings. The number of rotatable bonds is 10. The summed E-state index contributed by atoms with van der Waals surface area (Å²) < 4.78 is 72.5. The Morgan fingerprint density at radius 3 is 0.833 bits per heavy atom. The van der Waals surface area contributed by atoms with E-state index in [-0.39, 0.29) is 41.6 Å². The Kier molecular flexibility index (Phi) is 19.6. The van der Waals surface area contributed by atoms with Gasteiger partial charge in [0.2, 0.25) is 0 Å². The highest BCUT2D eigenvalue weighted by molar-refractivity contribution is 6.28. The SMILES string of the molecule is Fc1ccc(-c2ccccc2-c2c3ccccc3c(-c3cccc4ccccc34)c3ccccc23)cc1.[2H]c1c([2H])c([2H])c(-c2c3ccccc3c(-c3cccc4ccccc34)c3ccccc23)c([2H])c1[2H].[2H]c1cc(-c2ccccc2-c2c3ccccc3c(-c3ccccc3)c3ccccc23)cc([2H])c1C.[C-]#[N+]c1ccc2ccc(-c3c4ccccc4c(-c4ccccc4)c4ccccc34)cc2c1. The maximum atomic E-state index is 13.8. The van der Waals surface area contributed by atoms with Crippen molar-refractivity contribution in [1.29, 1.82) is 0 Å². The Bertz CT molecular complexity index is 8980. The zero-order valence-electron chi connectivity index (χ0n) is 79.2. The molecular formula is C130H86FN. The minimum atomic E-state index is -0.385. The predicted molar refractivity (Wildman–Crippen MR) is 564 cm³/mol. The number of hydrogen-bond acceptors (Lipinski definition) is 0. The molecule has 25 aromatic rings.